The maximum absolute atomic E-state index is 10.9. The van der Waals surface area contributed by atoms with Gasteiger partial charge in [-0.25, -0.2) is 0 Å². The summed E-state index contributed by atoms with van der Waals surface area (Å²) >= 11 is 0. The Labute approximate surface area is 76.6 Å². The van der Waals surface area contributed by atoms with Crippen LogP contribution < -0.4 is 5.32 Å². The van der Waals surface area contributed by atoms with E-state index in [-0.39, 0.29) is 12.5 Å². The van der Waals surface area contributed by atoms with Crippen LogP contribution in [0.4, 0.5) is 0 Å². The summed E-state index contributed by atoms with van der Waals surface area (Å²) in [6, 6.07) is 0. The number of carbonyl (C=O) groups is 1. The third-order valence-electron chi connectivity index (χ3n) is 1.41. The highest BCUT2D eigenvalue weighted by Gasteiger charge is 1.98. The van der Waals surface area contributed by atoms with E-state index in [0.29, 0.717) is 25.9 Å². The van der Waals surface area contributed by atoms with Crippen molar-refractivity contribution in [1.29, 1.82) is 0 Å². The lowest BCUT2D eigenvalue weighted by molar-refractivity contribution is -0.121. The molecule has 0 bridgehead atoms. The highest BCUT2D eigenvalue weighted by molar-refractivity contribution is 5.75. The van der Waals surface area contributed by atoms with Crippen molar-refractivity contribution in [3.05, 3.63) is 10.4 Å². The number of nitrogens with one attached hydrogen (secondary N) is 1. The maximum Gasteiger partial charge on any atom is 0.220 e. The maximum atomic E-state index is 10.9. The third kappa shape index (κ3) is 8.65. The molecule has 0 unspecified atom stereocenters. The summed E-state index contributed by atoms with van der Waals surface area (Å²) < 4.78 is 0. The third-order valence-corrected chi connectivity index (χ3v) is 1.41. The number of hydrogen-bond donors (Lipinski definition) is 2. The lowest BCUT2D eigenvalue weighted by atomic mass is 10.2. The van der Waals surface area contributed by atoms with Gasteiger partial charge in [-0.05, 0) is 18.4 Å². The fourth-order valence-electron chi connectivity index (χ4n) is 0.797. The van der Waals surface area contributed by atoms with Crippen LogP contribution in [-0.2, 0) is 4.79 Å². The molecule has 0 spiro atoms. The second kappa shape index (κ2) is 8.83. The highest BCUT2D eigenvalue weighted by atomic mass is 16.3. The molecular weight excluding hydrogens is 172 g/mol. The molecule has 6 heteroatoms. The van der Waals surface area contributed by atoms with Crippen LogP contribution >= 0.6 is 0 Å². The van der Waals surface area contributed by atoms with Gasteiger partial charge in [-0.2, -0.15) is 0 Å². The Kier molecular flexibility index (Phi) is 7.98. The van der Waals surface area contributed by atoms with E-state index in [1.54, 1.807) is 0 Å². The zero-order valence-corrected chi connectivity index (χ0v) is 7.44. The van der Waals surface area contributed by atoms with Gasteiger partial charge in [-0.1, -0.05) is 5.11 Å². The van der Waals surface area contributed by atoms with Crippen molar-refractivity contribution in [2.75, 3.05) is 19.7 Å². The number of unbranched alkanes of at least 4 members (excludes halogenated alkanes) is 1. The first-order valence-electron chi connectivity index (χ1n) is 4.19. The molecular formula is C7H14N4O2. The Morgan fingerprint density at radius 2 is 2.31 bits per heavy atom. The fraction of sp³-hybridized carbons (Fsp3) is 0.857. The van der Waals surface area contributed by atoms with Gasteiger partial charge >= 0.3 is 0 Å². The Balaban J connectivity index is 3.21. The van der Waals surface area contributed by atoms with Crippen molar-refractivity contribution in [2.45, 2.75) is 19.3 Å². The summed E-state index contributed by atoms with van der Waals surface area (Å²) in [5.41, 5.74) is 7.94. The van der Waals surface area contributed by atoms with Gasteiger partial charge in [0, 0.05) is 24.4 Å². The Morgan fingerprint density at radius 1 is 1.54 bits per heavy atom. The Hall–Kier alpha value is -1.26. The van der Waals surface area contributed by atoms with Crippen molar-refractivity contribution in [1.82, 2.24) is 5.32 Å². The Morgan fingerprint density at radius 3 is 2.92 bits per heavy atom. The lowest BCUT2D eigenvalue weighted by Gasteiger charge is -2.01. The molecule has 0 saturated heterocycles. The lowest BCUT2D eigenvalue weighted by Crippen LogP contribution is -2.25. The zero-order chi connectivity index (χ0) is 9.94. The first-order chi connectivity index (χ1) is 6.31. The quantitative estimate of drug-likeness (QED) is 0.263. The van der Waals surface area contributed by atoms with Gasteiger partial charge in [0.1, 0.15) is 0 Å². The number of aliphatic hydroxyl groups is 1. The molecule has 0 atom stereocenters. The minimum atomic E-state index is -0.0741. The van der Waals surface area contributed by atoms with Gasteiger partial charge in [-0.15, -0.1) is 0 Å². The first kappa shape index (κ1) is 11.7. The van der Waals surface area contributed by atoms with Crippen LogP contribution in [0.3, 0.4) is 0 Å². The zero-order valence-electron chi connectivity index (χ0n) is 7.44. The van der Waals surface area contributed by atoms with Crippen LogP contribution in [0.15, 0.2) is 5.11 Å². The molecule has 0 fully saturated rings. The number of azide groups is 1. The number of rotatable bonds is 7. The van der Waals surface area contributed by atoms with E-state index < -0.39 is 0 Å². The molecule has 0 aromatic carbocycles. The van der Waals surface area contributed by atoms with Crippen molar-refractivity contribution >= 4 is 5.91 Å². The van der Waals surface area contributed by atoms with Crippen molar-refractivity contribution < 1.29 is 9.90 Å². The summed E-state index contributed by atoms with van der Waals surface area (Å²) in [7, 11) is 0. The minimum Gasteiger partial charge on any atom is -0.395 e. The van der Waals surface area contributed by atoms with Crippen LogP contribution in [-0.4, -0.2) is 30.7 Å². The molecule has 0 saturated carbocycles. The SMILES string of the molecule is [N-]=[N+]=NCCCCC(=O)NCCO. The van der Waals surface area contributed by atoms with E-state index in [1.807, 2.05) is 0 Å². The monoisotopic (exact) mass is 186 g/mol. The minimum absolute atomic E-state index is 0.0372. The summed E-state index contributed by atoms with van der Waals surface area (Å²) in [6.07, 6.45) is 1.84. The van der Waals surface area contributed by atoms with E-state index in [1.165, 1.54) is 0 Å². The molecule has 0 aliphatic heterocycles. The van der Waals surface area contributed by atoms with Gasteiger partial charge < -0.3 is 10.4 Å². The topological polar surface area (TPSA) is 98.1 Å². The molecule has 0 heterocycles. The van der Waals surface area contributed by atoms with E-state index in [0.717, 1.165) is 6.42 Å². The molecule has 74 valence electrons. The molecule has 0 rings (SSSR count). The van der Waals surface area contributed by atoms with E-state index >= 15 is 0 Å². The molecule has 13 heavy (non-hydrogen) atoms. The van der Waals surface area contributed by atoms with Gasteiger partial charge in [-0.3, -0.25) is 4.79 Å². The fourth-order valence-corrected chi connectivity index (χ4v) is 0.797. The van der Waals surface area contributed by atoms with Gasteiger partial charge in [0.25, 0.3) is 0 Å². The number of carbonyl (C=O) groups excluding carboxylic acids is 1. The van der Waals surface area contributed by atoms with Crippen LogP contribution in [0.2, 0.25) is 0 Å². The van der Waals surface area contributed by atoms with Crippen LogP contribution in [0.1, 0.15) is 19.3 Å². The normalized spacial score (nSPS) is 9.00. The largest absolute Gasteiger partial charge is 0.395 e. The van der Waals surface area contributed by atoms with Crippen LogP contribution in [0.5, 0.6) is 0 Å². The molecule has 2 N–H and O–H groups in total. The predicted octanol–water partition coefficient (Wildman–Crippen LogP) is 0.575. The van der Waals surface area contributed by atoms with Gasteiger partial charge in [0.05, 0.1) is 6.61 Å². The first-order valence-corrected chi connectivity index (χ1v) is 4.19. The van der Waals surface area contributed by atoms with Crippen molar-refractivity contribution in [3.63, 3.8) is 0 Å². The van der Waals surface area contributed by atoms with Gasteiger partial charge in [0.2, 0.25) is 5.91 Å². The molecule has 1 amide bonds. The molecule has 0 aliphatic rings. The summed E-state index contributed by atoms with van der Waals surface area (Å²) in [5.74, 6) is -0.0741. The average molecular weight is 186 g/mol. The van der Waals surface area contributed by atoms with E-state index in [4.69, 9.17) is 10.6 Å². The second-order valence-electron chi connectivity index (χ2n) is 2.49. The Bertz CT molecular complexity index is 189. The molecule has 6 nitrogen and oxygen atoms in total. The summed E-state index contributed by atoms with van der Waals surface area (Å²) in [6.45, 7) is 0.698. The van der Waals surface area contributed by atoms with Crippen LogP contribution in [0, 0.1) is 0 Å². The average Bonchev–Trinajstić information content (AvgIpc) is 2.14. The van der Waals surface area contributed by atoms with Crippen LogP contribution in [0.25, 0.3) is 10.4 Å². The van der Waals surface area contributed by atoms with Crippen molar-refractivity contribution in [2.24, 2.45) is 5.11 Å². The summed E-state index contributed by atoms with van der Waals surface area (Å²) in [4.78, 5) is 13.5. The molecule has 0 aliphatic carbocycles. The van der Waals surface area contributed by atoms with Gasteiger partial charge in [0.15, 0.2) is 0 Å². The number of hydrogen-bond acceptors (Lipinski definition) is 3. The highest BCUT2D eigenvalue weighted by Crippen LogP contribution is 1.95. The molecule has 0 aromatic rings. The summed E-state index contributed by atoms with van der Waals surface area (Å²) in [5, 5.41) is 14.3. The molecule has 0 aromatic heterocycles. The van der Waals surface area contributed by atoms with Crippen molar-refractivity contribution in [3.8, 4) is 0 Å². The number of nitrogens with zero attached hydrogens (tertiary/aromatic N) is 3. The predicted molar refractivity (Wildman–Crippen MR) is 48.0 cm³/mol. The van der Waals surface area contributed by atoms with E-state index in [2.05, 4.69) is 15.3 Å². The number of aliphatic hydroxyl groups excluding tert-OH is 1. The molecule has 0 radical (unpaired) electrons. The standard InChI is InChI=1S/C7H14N4O2/c8-11-10-4-2-1-3-7(13)9-5-6-12/h12H,1-6H2,(H,9,13). The van der Waals surface area contributed by atoms with E-state index in [9.17, 15) is 4.79 Å². The number of amides is 1. The second-order valence-corrected chi connectivity index (χ2v) is 2.49. The smallest absolute Gasteiger partial charge is 0.220 e.